The summed E-state index contributed by atoms with van der Waals surface area (Å²) < 4.78 is 5.36. The summed E-state index contributed by atoms with van der Waals surface area (Å²) in [6.07, 6.45) is 2.77. The lowest BCUT2D eigenvalue weighted by Gasteiger charge is -2.19. The summed E-state index contributed by atoms with van der Waals surface area (Å²) in [6, 6.07) is 15.7. The predicted molar refractivity (Wildman–Crippen MR) is 100 cm³/mol. The number of ether oxygens (including phenoxy) is 1. The van der Waals surface area contributed by atoms with E-state index in [-0.39, 0.29) is 0 Å². The van der Waals surface area contributed by atoms with Crippen LogP contribution in [0.4, 0.5) is 23.1 Å². The lowest BCUT2D eigenvalue weighted by Crippen LogP contribution is -2.15. The molecule has 1 aromatic heterocycles. The van der Waals surface area contributed by atoms with Crippen molar-refractivity contribution in [3.63, 3.8) is 0 Å². The van der Waals surface area contributed by atoms with Crippen LogP contribution in [0.3, 0.4) is 0 Å². The molecule has 0 amide bonds. The molecule has 4 rings (SSSR count). The molecule has 126 valence electrons. The average molecular weight is 353 g/mol. The van der Waals surface area contributed by atoms with Gasteiger partial charge in [-0.15, -0.1) is 0 Å². The van der Waals surface area contributed by atoms with E-state index in [2.05, 4.69) is 38.4 Å². The molecule has 3 aromatic rings. The Balaban J connectivity index is 1.64. The van der Waals surface area contributed by atoms with Crippen LogP contribution < -0.4 is 15.0 Å². The number of fused-ring (bicyclic) bond motifs is 1. The highest BCUT2D eigenvalue weighted by molar-refractivity contribution is 6.31. The minimum Gasteiger partial charge on any atom is -0.495 e. The third-order valence-electron chi connectivity index (χ3n) is 4.21. The maximum absolute atomic E-state index is 6.09. The van der Waals surface area contributed by atoms with Crippen LogP contribution in [0.2, 0.25) is 5.02 Å². The Labute approximate surface area is 151 Å². The van der Waals surface area contributed by atoms with Crippen LogP contribution in [-0.4, -0.2) is 23.6 Å². The van der Waals surface area contributed by atoms with Crippen LogP contribution in [0, 0.1) is 0 Å². The Hall–Kier alpha value is -2.79. The second kappa shape index (κ2) is 6.61. The molecule has 1 aliphatic rings. The van der Waals surface area contributed by atoms with E-state index in [0.717, 1.165) is 24.5 Å². The topological polar surface area (TPSA) is 50.3 Å². The maximum Gasteiger partial charge on any atom is 0.229 e. The van der Waals surface area contributed by atoms with Gasteiger partial charge in [0.1, 0.15) is 11.6 Å². The van der Waals surface area contributed by atoms with Gasteiger partial charge in [0.2, 0.25) is 5.95 Å². The monoisotopic (exact) mass is 352 g/mol. The molecule has 0 unspecified atom stereocenters. The van der Waals surface area contributed by atoms with Gasteiger partial charge in [0.15, 0.2) is 0 Å². The highest BCUT2D eigenvalue weighted by Crippen LogP contribution is 2.34. The summed E-state index contributed by atoms with van der Waals surface area (Å²) in [4.78, 5) is 11.2. The fourth-order valence-corrected chi connectivity index (χ4v) is 3.21. The molecule has 0 aliphatic carbocycles. The van der Waals surface area contributed by atoms with E-state index in [4.69, 9.17) is 16.3 Å². The van der Waals surface area contributed by atoms with Gasteiger partial charge in [-0.25, -0.2) is 4.98 Å². The number of rotatable bonds is 4. The largest absolute Gasteiger partial charge is 0.495 e. The molecule has 2 heterocycles. The van der Waals surface area contributed by atoms with E-state index in [1.165, 1.54) is 11.3 Å². The zero-order valence-corrected chi connectivity index (χ0v) is 14.5. The third kappa shape index (κ3) is 3.10. The molecule has 0 saturated carbocycles. The third-order valence-corrected chi connectivity index (χ3v) is 4.45. The van der Waals surface area contributed by atoms with Crippen molar-refractivity contribution in [2.24, 2.45) is 0 Å². The van der Waals surface area contributed by atoms with Crippen molar-refractivity contribution in [1.29, 1.82) is 0 Å². The van der Waals surface area contributed by atoms with Crippen LogP contribution in [0.25, 0.3) is 0 Å². The van der Waals surface area contributed by atoms with Gasteiger partial charge in [0.05, 0.1) is 12.8 Å². The zero-order valence-electron chi connectivity index (χ0n) is 13.7. The smallest absolute Gasteiger partial charge is 0.229 e. The summed E-state index contributed by atoms with van der Waals surface area (Å²) >= 11 is 6.09. The van der Waals surface area contributed by atoms with Gasteiger partial charge < -0.3 is 15.0 Å². The van der Waals surface area contributed by atoms with E-state index in [9.17, 15) is 0 Å². The Morgan fingerprint density at radius 1 is 1.16 bits per heavy atom. The van der Waals surface area contributed by atoms with E-state index in [1.54, 1.807) is 25.4 Å². The van der Waals surface area contributed by atoms with Gasteiger partial charge in [-0.2, -0.15) is 4.98 Å². The normalized spacial score (nSPS) is 12.8. The van der Waals surface area contributed by atoms with Crippen LogP contribution in [0.1, 0.15) is 5.56 Å². The number of nitrogens with one attached hydrogen (secondary N) is 1. The number of anilines is 4. The number of hydrogen-bond acceptors (Lipinski definition) is 5. The van der Waals surface area contributed by atoms with Crippen molar-refractivity contribution < 1.29 is 4.74 Å². The Morgan fingerprint density at radius 3 is 2.92 bits per heavy atom. The van der Waals surface area contributed by atoms with Crippen molar-refractivity contribution in [2.45, 2.75) is 6.42 Å². The number of para-hydroxylation sites is 1. The first kappa shape index (κ1) is 15.7. The van der Waals surface area contributed by atoms with Gasteiger partial charge in [-0.05, 0) is 42.3 Å². The van der Waals surface area contributed by atoms with Gasteiger partial charge in [0.25, 0.3) is 0 Å². The first-order valence-corrected chi connectivity index (χ1v) is 8.41. The standard InChI is InChI=1S/C19H17ClN4O/c1-25-17-7-6-14(20)12-15(17)22-19-21-10-8-18(23-19)24-11-9-13-4-2-3-5-16(13)24/h2-8,10,12H,9,11H2,1H3,(H,21,22,23). The van der Waals surface area contributed by atoms with Crippen LogP contribution in [0.5, 0.6) is 5.75 Å². The number of halogens is 1. The highest BCUT2D eigenvalue weighted by atomic mass is 35.5. The minimum absolute atomic E-state index is 0.502. The summed E-state index contributed by atoms with van der Waals surface area (Å²) in [5.74, 6) is 2.05. The molecule has 1 aliphatic heterocycles. The molecule has 0 atom stereocenters. The molecular weight excluding hydrogens is 336 g/mol. The van der Waals surface area contributed by atoms with Crippen LogP contribution >= 0.6 is 11.6 Å². The average Bonchev–Trinajstić information content (AvgIpc) is 3.06. The molecule has 0 radical (unpaired) electrons. The summed E-state index contributed by atoms with van der Waals surface area (Å²) in [5.41, 5.74) is 3.27. The number of nitrogens with zero attached hydrogens (tertiary/aromatic N) is 3. The maximum atomic E-state index is 6.09. The Kier molecular flexibility index (Phi) is 4.15. The number of aromatic nitrogens is 2. The molecule has 1 N–H and O–H groups in total. The van der Waals surface area contributed by atoms with Gasteiger partial charge >= 0.3 is 0 Å². The Morgan fingerprint density at radius 2 is 2.04 bits per heavy atom. The SMILES string of the molecule is COc1ccc(Cl)cc1Nc1nccc(N2CCc3ccccc32)n1. The molecule has 0 bridgehead atoms. The quantitative estimate of drug-likeness (QED) is 0.745. The van der Waals surface area contributed by atoms with Crippen LogP contribution in [-0.2, 0) is 6.42 Å². The summed E-state index contributed by atoms with van der Waals surface area (Å²) in [5, 5.41) is 3.81. The van der Waals surface area contributed by atoms with Crippen molar-refractivity contribution in [1.82, 2.24) is 9.97 Å². The van der Waals surface area contributed by atoms with Crippen molar-refractivity contribution in [2.75, 3.05) is 23.9 Å². The zero-order chi connectivity index (χ0) is 17.2. The number of methoxy groups -OCH3 is 1. The second-order valence-electron chi connectivity index (χ2n) is 5.74. The molecule has 0 spiro atoms. The second-order valence-corrected chi connectivity index (χ2v) is 6.17. The molecule has 0 saturated heterocycles. The number of benzene rings is 2. The lowest BCUT2D eigenvalue weighted by atomic mass is 10.2. The first-order valence-electron chi connectivity index (χ1n) is 8.03. The predicted octanol–water partition coefficient (Wildman–Crippen LogP) is 4.58. The number of hydrogen-bond donors (Lipinski definition) is 1. The molecule has 0 fully saturated rings. The molecular formula is C19H17ClN4O. The fraction of sp³-hybridized carbons (Fsp3) is 0.158. The molecule has 2 aromatic carbocycles. The van der Waals surface area contributed by atoms with E-state index in [1.807, 2.05) is 18.2 Å². The van der Waals surface area contributed by atoms with Crippen LogP contribution in [0.15, 0.2) is 54.7 Å². The fourth-order valence-electron chi connectivity index (χ4n) is 3.03. The first-order chi connectivity index (χ1) is 12.2. The van der Waals surface area contributed by atoms with Crippen molar-refractivity contribution in [3.8, 4) is 5.75 Å². The molecule has 5 nitrogen and oxygen atoms in total. The summed E-state index contributed by atoms with van der Waals surface area (Å²) in [6.45, 7) is 0.913. The Bertz CT molecular complexity index is 915. The van der Waals surface area contributed by atoms with E-state index < -0.39 is 0 Å². The molecule has 25 heavy (non-hydrogen) atoms. The summed E-state index contributed by atoms with van der Waals surface area (Å²) in [7, 11) is 1.62. The minimum atomic E-state index is 0.502. The van der Waals surface area contributed by atoms with E-state index >= 15 is 0 Å². The van der Waals surface area contributed by atoms with Gasteiger partial charge in [-0.1, -0.05) is 29.8 Å². The molecule has 6 heteroatoms. The van der Waals surface area contributed by atoms with E-state index in [0.29, 0.717) is 16.7 Å². The van der Waals surface area contributed by atoms with Gasteiger partial charge in [0, 0.05) is 23.5 Å². The van der Waals surface area contributed by atoms with Gasteiger partial charge in [-0.3, -0.25) is 0 Å². The highest BCUT2D eigenvalue weighted by Gasteiger charge is 2.21. The lowest BCUT2D eigenvalue weighted by molar-refractivity contribution is 0.417. The van der Waals surface area contributed by atoms with Crippen molar-refractivity contribution >= 4 is 34.7 Å². The van der Waals surface area contributed by atoms with Crippen molar-refractivity contribution in [3.05, 3.63) is 65.3 Å².